The molecule has 554 valence electrons. The maximum Gasteiger partial charge on any atom is 0.410 e. The molecular formula is C73H82F8N14O9. The zero-order chi connectivity index (χ0) is 74.5. The normalized spacial score (nSPS) is 16.3. The fourth-order valence-electron chi connectivity index (χ4n) is 13.2. The summed E-state index contributed by atoms with van der Waals surface area (Å²) >= 11 is 0. The number of hydrogen-bond acceptors (Lipinski definition) is 16. The van der Waals surface area contributed by atoms with Gasteiger partial charge in [-0.2, -0.15) is 26.3 Å². The fourth-order valence-corrected chi connectivity index (χ4v) is 13.2. The summed E-state index contributed by atoms with van der Waals surface area (Å²) in [4.78, 5) is 94.2. The van der Waals surface area contributed by atoms with Gasteiger partial charge in [-0.05, 0) is 151 Å². The molecular weight excluding hydrogens is 1370 g/mol. The Labute approximate surface area is 595 Å². The number of benzene rings is 4. The van der Waals surface area contributed by atoms with Gasteiger partial charge < -0.3 is 54.1 Å². The van der Waals surface area contributed by atoms with E-state index in [0.29, 0.717) is 137 Å². The molecule has 4 fully saturated rings. The first-order valence-corrected chi connectivity index (χ1v) is 34.4. The van der Waals surface area contributed by atoms with E-state index in [1.165, 1.54) is 46.0 Å². The summed E-state index contributed by atoms with van der Waals surface area (Å²) in [5, 5.41) is 6.41. The number of piperidine rings is 1. The van der Waals surface area contributed by atoms with E-state index >= 15 is 0 Å². The van der Waals surface area contributed by atoms with Crippen molar-refractivity contribution >= 4 is 64.2 Å². The Morgan fingerprint density at radius 3 is 1.37 bits per heavy atom. The van der Waals surface area contributed by atoms with E-state index in [1.807, 2.05) is 77.3 Å². The molecule has 4 aromatic carbocycles. The number of fused-ring (bicyclic) bond motifs is 2. The summed E-state index contributed by atoms with van der Waals surface area (Å²) in [5.74, 6) is -6.90. The third-order valence-electron chi connectivity index (χ3n) is 18.4. The number of nitrogens with zero attached hydrogens (tertiary/aromatic N) is 12. The lowest BCUT2D eigenvalue weighted by Crippen LogP contribution is -2.53. The van der Waals surface area contributed by atoms with E-state index < -0.39 is 59.2 Å². The highest BCUT2D eigenvalue weighted by Gasteiger charge is 2.36. The average molecular weight is 1450 g/mol. The number of anilines is 4. The smallest absolute Gasteiger partial charge is 0.410 e. The number of carbonyl (C=O) groups excluding carboxylic acids is 5. The summed E-state index contributed by atoms with van der Waals surface area (Å²) < 4.78 is 131. The molecule has 104 heavy (non-hydrogen) atoms. The average Bonchev–Trinajstić information content (AvgIpc) is 1.62. The van der Waals surface area contributed by atoms with E-state index in [9.17, 15) is 59.1 Å². The van der Waals surface area contributed by atoms with Crippen molar-refractivity contribution in [2.75, 3.05) is 95.7 Å². The SMILES string of the molecule is CCc1cc(Nc2nccn3c(-c4ccc(OC(F)F)c(F)c4F)cnc23)ccc1C(=O)N1CCN(C(=O)C2CCN(C(=O)OC(C)(C)C)CC2)CC1.CCc1cc(Nc2nccn3c(-c4ccc(OC(F)F)c(F)c4F)cnc23)ccc1C(=O)N1CCN(CC2CCN(C(=O)OC(C)(C)C)C2)CC1. The summed E-state index contributed by atoms with van der Waals surface area (Å²) in [6.45, 7) is 15.9. The molecule has 1 unspecified atom stereocenters. The van der Waals surface area contributed by atoms with Gasteiger partial charge in [-0.15, -0.1) is 0 Å². The number of alkyl halides is 4. The van der Waals surface area contributed by atoms with Crippen LogP contribution < -0.4 is 20.1 Å². The van der Waals surface area contributed by atoms with Crippen LogP contribution in [0.3, 0.4) is 0 Å². The topological polar surface area (TPSA) is 226 Å². The number of aryl methyl sites for hydroxylation is 2. The van der Waals surface area contributed by atoms with Crippen LogP contribution >= 0.6 is 0 Å². The van der Waals surface area contributed by atoms with Crippen molar-refractivity contribution in [2.45, 2.75) is 112 Å². The number of halogens is 8. The number of carbonyl (C=O) groups is 5. The molecule has 4 aliphatic rings. The Bertz CT molecular complexity index is 4470. The maximum atomic E-state index is 14.9. The van der Waals surface area contributed by atoms with E-state index in [4.69, 9.17) is 9.47 Å². The molecule has 4 saturated heterocycles. The Kier molecular flexibility index (Phi) is 22.8. The van der Waals surface area contributed by atoms with Crippen LogP contribution in [-0.2, 0) is 27.1 Å². The molecule has 8 heterocycles. The van der Waals surface area contributed by atoms with Crippen LogP contribution in [0.5, 0.6) is 11.5 Å². The number of hydrogen-bond donors (Lipinski definition) is 2. The maximum absolute atomic E-state index is 14.9. The Morgan fingerprint density at radius 1 is 0.510 bits per heavy atom. The quantitative estimate of drug-likeness (QED) is 0.0808. The van der Waals surface area contributed by atoms with Crippen LogP contribution in [0.1, 0.15) is 106 Å². The van der Waals surface area contributed by atoms with E-state index in [1.54, 1.807) is 39.0 Å². The third-order valence-corrected chi connectivity index (χ3v) is 18.4. The highest BCUT2D eigenvalue weighted by atomic mass is 19.3. The predicted octanol–water partition coefficient (Wildman–Crippen LogP) is 13.1. The first kappa shape index (κ1) is 74.8. The Balaban J connectivity index is 0.000000208. The number of amides is 5. The van der Waals surface area contributed by atoms with Crippen molar-refractivity contribution in [3.05, 3.63) is 143 Å². The fraction of sp³-hybridized carbons (Fsp3) is 0.438. The minimum atomic E-state index is -3.31. The van der Waals surface area contributed by atoms with Crippen molar-refractivity contribution in [1.29, 1.82) is 0 Å². The standard InChI is InChI=1S/C37H41F4N7O5.C36H41F4N7O4/c1-5-22-20-24(44-31-32-43-21-27(48(32)15-12-42-31)26-8-9-28(52-35(40)41)30(39)29(26)38)6-7-25(22)34(50)46-18-16-45(17-19-46)33(49)23-10-13-47(14-11-23)36(51)53-37(2,3)4;1-5-23-18-24(43-31-32-42-19-27(47(32)13-11-41-31)26-8-9-28(50-34(39)40)30(38)29(26)37)6-7-25(23)33(48)45-16-14-44(15-17-45)20-22-10-12-46(21-22)35(49)51-36(2,3)4/h6-9,12,15,20-21,23,35H,5,10-11,13-14,16-19H2,1-4H3,(H,42,44);6-9,11,13,18-19,22,34H,5,10,12,14-17,20-21H2,1-4H3,(H,41,43). The lowest BCUT2D eigenvalue weighted by atomic mass is 9.95. The first-order chi connectivity index (χ1) is 49.5. The van der Waals surface area contributed by atoms with Gasteiger partial charge in [0.2, 0.25) is 17.5 Å². The number of nitrogens with one attached hydrogen (secondary N) is 2. The first-order valence-electron chi connectivity index (χ1n) is 34.4. The van der Waals surface area contributed by atoms with Crippen LogP contribution in [0.15, 0.2) is 97.8 Å². The van der Waals surface area contributed by atoms with E-state index in [0.717, 1.165) is 61.4 Å². The van der Waals surface area contributed by atoms with Crippen LogP contribution in [0.4, 0.5) is 67.7 Å². The molecule has 12 rings (SSSR count). The second kappa shape index (κ2) is 31.7. The molecule has 0 spiro atoms. The molecule has 5 amide bonds. The van der Waals surface area contributed by atoms with Gasteiger partial charge in [0.1, 0.15) is 11.2 Å². The lowest BCUT2D eigenvalue weighted by molar-refractivity contribution is -0.138. The molecule has 1 atom stereocenters. The number of piperazine rings is 2. The van der Waals surface area contributed by atoms with Crippen molar-refractivity contribution < 1.29 is 78.0 Å². The summed E-state index contributed by atoms with van der Waals surface area (Å²) in [6.07, 6.45) is 11.2. The third kappa shape index (κ3) is 17.3. The van der Waals surface area contributed by atoms with Crippen molar-refractivity contribution in [2.24, 2.45) is 11.8 Å². The zero-order valence-corrected chi connectivity index (χ0v) is 58.8. The van der Waals surface area contributed by atoms with Gasteiger partial charge in [0.05, 0.1) is 23.8 Å². The number of ether oxygens (including phenoxy) is 4. The van der Waals surface area contributed by atoms with Gasteiger partial charge in [-0.1, -0.05) is 13.8 Å². The second-order valence-corrected chi connectivity index (χ2v) is 27.7. The Hall–Kier alpha value is -10.3. The monoisotopic (exact) mass is 1450 g/mol. The number of rotatable bonds is 17. The van der Waals surface area contributed by atoms with Crippen LogP contribution in [0.2, 0.25) is 0 Å². The number of aromatic nitrogens is 6. The Morgan fingerprint density at radius 2 is 0.933 bits per heavy atom. The predicted molar refractivity (Wildman–Crippen MR) is 369 cm³/mol. The van der Waals surface area contributed by atoms with Gasteiger partial charge in [0.15, 0.2) is 46.1 Å². The van der Waals surface area contributed by atoms with E-state index in [2.05, 4.69) is 44.9 Å². The molecule has 0 bridgehead atoms. The van der Waals surface area contributed by atoms with Gasteiger partial charge in [-0.3, -0.25) is 28.1 Å². The summed E-state index contributed by atoms with van der Waals surface area (Å²) in [7, 11) is 0. The molecule has 4 aliphatic heterocycles. The largest absolute Gasteiger partial charge is 0.444 e. The van der Waals surface area contributed by atoms with Crippen LogP contribution in [0, 0.1) is 35.1 Å². The molecule has 23 nitrogen and oxygen atoms in total. The van der Waals surface area contributed by atoms with Gasteiger partial charge in [-0.25, -0.2) is 38.3 Å². The number of imidazole rings is 2. The van der Waals surface area contributed by atoms with Crippen molar-refractivity contribution in [1.82, 2.24) is 58.1 Å². The molecule has 0 aliphatic carbocycles. The highest BCUT2D eigenvalue weighted by molar-refractivity contribution is 5.97. The molecule has 0 saturated carbocycles. The summed E-state index contributed by atoms with van der Waals surface area (Å²) in [5.41, 5.74) is 3.48. The molecule has 4 aromatic heterocycles. The van der Waals surface area contributed by atoms with Gasteiger partial charge in [0.25, 0.3) is 11.8 Å². The second-order valence-electron chi connectivity index (χ2n) is 27.7. The van der Waals surface area contributed by atoms with Gasteiger partial charge in [0, 0.05) is 149 Å². The zero-order valence-electron chi connectivity index (χ0n) is 58.8. The molecule has 2 N–H and O–H groups in total. The van der Waals surface area contributed by atoms with E-state index in [-0.39, 0.29) is 64.0 Å². The minimum absolute atomic E-state index is 0.0348. The minimum Gasteiger partial charge on any atom is -0.444 e. The van der Waals surface area contributed by atoms with Crippen LogP contribution in [-0.4, -0.2) is 198 Å². The molecule has 0 radical (unpaired) electrons. The van der Waals surface area contributed by atoms with Gasteiger partial charge >= 0.3 is 25.4 Å². The summed E-state index contributed by atoms with van der Waals surface area (Å²) in [6, 6.07) is 14.9. The highest BCUT2D eigenvalue weighted by Crippen LogP contribution is 2.36. The molecule has 8 aromatic rings. The van der Waals surface area contributed by atoms with Crippen molar-refractivity contribution in [3.63, 3.8) is 0 Å². The van der Waals surface area contributed by atoms with Crippen molar-refractivity contribution in [3.8, 4) is 34.0 Å². The number of likely N-dealkylation sites (tertiary alicyclic amines) is 2. The molecule has 31 heteroatoms. The lowest BCUT2D eigenvalue weighted by Gasteiger charge is -2.39. The van der Waals surface area contributed by atoms with Crippen LogP contribution in [0.25, 0.3) is 33.8 Å².